The van der Waals surface area contributed by atoms with Gasteiger partial charge in [-0.05, 0) is 25.2 Å². The number of hydrogen-bond acceptors (Lipinski definition) is 3. The molecular weight excluding hydrogens is 245 g/mol. The summed E-state index contributed by atoms with van der Waals surface area (Å²) in [5, 5.41) is 3.27. The zero-order valence-electron chi connectivity index (χ0n) is 10.8. The third-order valence-electron chi connectivity index (χ3n) is 3.95. The average molecular weight is 261 g/mol. The number of halogens is 1. The molecule has 0 bridgehead atoms. The monoisotopic (exact) mass is 261 g/mol. The summed E-state index contributed by atoms with van der Waals surface area (Å²) in [5.41, 5.74) is 0.500. The molecule has 0 saturated carbocycles. The van der Waals surface area contributed by atoms with E-state index in [1.165, 1.54) is 12.1 Å². The number of rotatable bonds is 1. The van der Waals surface area contributed by atoms with E-state index in [-0.39, 0.29) is 11.7 Å². The minimum absolute atomic E-state index is 0.118. The highest BCUT2D eigenvalue weighted by atomic mass is 19.1. The molecule has 0 aliphatic carbocycles. The van der Waals surface area contributed by atoms with Crippen molar-refractivity contribution in [3.8, 4) is 0 Å². The van der Waals surface area contributed by atoms with Crippen molar-refractivity contribution in [1.82, 2.24) is 10.2 Å². The molecule has 0 unspecified atom stereocenters. The normalized spacial score (nSPS) is 21.9. The Morgan fingerprint density at radius 3 is 2.79 bits per heavy atom. The fourth-order valence-corrected chi connectivity index (χ4v) is 2.78. The van der Waals surface area contributed by atoms with E-state index >= 15 is 0 Å². The third-order valence-corrected chi connectivity index (χ3v) is 3.95. The number of benzene rings is 1. The average Bonchev–Trinajstić information content (AvgIpc) is 2.66. The van der Waals surface area contributed by atoms with Gasteiger partial charge >= 0.3 is 0 Å². The second kappa shape index (κ2) is 4.42. The Labute approximate surface area is 111 Å². The fourth-order valence-electron chi connectivity index (χ4n) is 2.78. The molecule has 1 fully saturated rings. The smallest absolute Gasteiger partial charge is 0.274 e. The summed E-state index contributed by atoms with van der Waals surface area (Å²) >= 11 is 0. The SMILES string of the molecule is CN1C(=O)C(c2cccc(F)c2)=NC12CCNCC2. The number of nitrogens with one attached hydrogen (secondary N) is 1. The van der Waals surface area contributed by atoms with Gasteiger partial charge in [0.05, 0.1) is 0 Å². The van der Waals surface area contributed by atoms with Gasteiger partial charge in [0.2, 0.25) is 0 Å². The molecule has 100 valence electrons. The number of aliphatic imine (C=N–C) groups is 1. The fraction of sp³-hybridized carbons (Fsp3) is 0.429. The van der Waals surface area contributed by atoms with Crippen LogP contribution in [0.25, 0.3) is 0 Å². The van der Waals surface area contributed by atoms with Gasteiger partial charge in [0.1, 0.15) is 17.2 Å². The maximum atomic E-state index is 13.3. The lowest BCUT2D eigenvalue weighted by Crippen LogP contribution is -2.50. The van der Waals surface area contributed by atoms with Crippen molar-refractivity contribution in [2.45, 2.75) is 18.5 Å². The predicted molar refractivity (Wildman–Crippen MR) is 70.5 cm³/mol. The van der Waals surface area contributed by atoms with Gasteiger partial charge < -0.3 is 10.2 Å². The van der Waals surface area contributed by atoms with Crippen molar-refractivity contribution in [3.63, 3.8) is 0 Å². The molecule has 2 aliphatic heterocycles. The van der Waals surface area contributed by atoms with E-state index in [9.17, 15) is 9.18 Å². The molecule has 19 heavy (non-hydrogen) atoms. The van der Waals surface area contributed by atoms with Crippen molar-refractivity contribution in [2.75, 3.05) is 20.1 Å². The highest BCUT2D eigenvalue weighted by Gasteiger charge is 2.45. The molecule has 2 aliphatic rings. The molecule has 0 radical (unpaired) electrons. The summed E-state index contributed by atoms with van der Waals surface area (Å²) in [6.07, 6.45) is 1.60. The largest absolute Gasteiger partial charge is 0.316 e. The Bertz CT molecular complexity index is 549. The molecule has 3 rings (SSSR count). The number of piperidine rings is 1. The van der Waals surface area contributed by atoms with E-state index in [2.05, 4.69) is 10.3 Å². The van der Waals surface area contributed by atoms with Crippen molar-refractivity contribution < 1.29 is 9.18 Å². The van der Waals surface area contributed by atoms with Crippen LogP contribution in [0.5, 0.6) is 0 Å². The van der Waals surface area contributed by atoms with Crippen LogP contribution in [0.2, 0.25) is 0 Å². The Kier molecular flexibility index (Phi) is 2.86. The first-order chi connectivity index (χ1) is 9.12. The molecule has 4 nitrogen and oxygen atoms in total. The lowest BCUT2D eigenvalue weighted by atomic mass is 9.98. The summed E-state index contributed by atoms with van der Waals surface area (Å²) in [7, 11) is 1.78. The summed E-state index contributed by atoms with van der Waals surface area (Å²) in [6.45, 7) is 1.69. The Morgan fingerprint density at radius 2 is 2.11 bits per heavy atom. The van der Waals surface area contributed by atoms with Crippen LogP contribution in [0.15, 0.2) is 29.3 Å². The van der Waals surface area contributed by atoms with Crippen LogP contribution in [0.1, 0.15) is 18.4 Å². The zero-order chi connectivity index (χ0) is 13.5. The van der Waals surface area contributed by atoms with Gasteiger partial charge in [0.15, 0.2) is 0 Å². The molecule has 1 N–H and O–H groups in total. The van der Waals surface area contributed by atoms with E-state index in [1.807, 2.05) is 0 Å². The van der Waals surface area contributed by atoms with Crippen LogP contribution in [-0.4, -0.2) is 42.3 Å². The van der Waals surface area contributed by atoms with Crippen molar-refractivity contribution in [3.05, 3.63) is 35.6 Å². The van der Waals surface area contributed by atoms with Crippen LogP contribution in [0.3, 0.4) is 0 Å². The molecule has 1 spiro atoms. The maximum Gasteiger partial charge on any atom is 0.274 e. The molecule has 1 aromatic carbocycles. The standard InChI is InChI=1S/C14H16FN3O/c1-18-13(19)12(10-3-2-4-11(15)9-10)17-14(18)5-7-16-8-6-14/h2-4,9,16H,5-8H2,1H3. The maximum absolute atomic E-state index is 13.3. The number of amides is 1. The van der Waals surface area contributed by atoms with Crippen LogP contribution in [-0.2, 0) is 4.79 Å². The second-order valence-electron chi connectivity index (χ2n) is 5.07. The molecule has 1 amide bonds. The first-order valence-electron chi connectivity index (χ1n) is 6.47. The van der Waals surface area contributed by atoms with Crippen molar-refractivity contribution >= 4 is 11.6 Å². The van der Waals surface area contributed by atoms with Gasteiger partial charge in [0, 0.05) is 25.5 Å². The second-order valence-corrected chi connectivity index (χ2v) is 5.07. The highest BCUT2D eigenvalue weighted by molar-refractivity contribution is 6.46. The summed E-state index contributed by atoms with van der Waals surface area (Å²) in [4.78, 5) is 18.7. The molecule has 0 atom stereocenters. The first kappa shape index (κ1) is 12.3. The van der Waals surface area contributed by atoms with Crippen LogP contribution >= 0.6 is 0 Å². The number of carbonyl (C=O) groups is 1. The predicted octanol–water partition coefficient (Wildman–Crippen LogP) is 1.17. The molecule has 5 heteroatoms. The first-order valence-corrected chi connectivity index (χ1v) is 6.47. The van der Waals surface area contributed by atoms with Gasteiger partial charge in [-0.1, -0.05) is 12.1 Å². The van der Waals surface area contributed by atoms with Crippen LogP contribution in [0.4, 0.5) is 4.39 Å². The van der Waals surface area contributed by atoms with E-state index < -0.39 is 5.66 Å². The van der Waals surface area contributed by atoms with Crippen molar-refractivity contribution in [1.29, 1.82) is 0 Å². The minimum Gasteiger partial charge on any atom is -0.316 e. The number of hydrogen-bond donors (Lipinski definition) is 1. The lowest BCUT2D eigenvalue weighted by Gasteiger charge is -2.37. The summed E-state index contributed by atoms with van der Waals surface area (Å²) in [5.74, 6) is -0.464. The van der Waals surface area contributed by atoms with Gasteiger partial charge in [-0.25, -0.2) is 4.39 Å². The van der Waals surface area contributed by atoms with Gasteiger partial charge in [-0.3, -0.25) is 9.79 Å². The molecular formula is C14H16FN3O. The van der Waals surface area contributed by atoms with E-state index in [0.717, 1.165) is 25.9 Å². The van der Waals surface area contributed by atoms with E-state index in [4.69, 9.17) is 0 Å². The van der Waals surface area contributed by atoms with Crippen LogP contribution < -0.4 is 5.32 Å². The van der Waals surface area contributed by atoms with Crippen molar-refractivity contribution in [2.24, 2.45) is 4.99 Å². The number of carbonyl (C=O) groups excluding carboxylic acids is 1. The highest BCUT2D eigenvalue weighted by Crippen LogP contribution is 2.33. The summed E-state index contributed by atoms with van der Waals surface area (Å²) in [6, 6.07) is 6.07. The molecule has 2 heterocycles. The zero-order valence-corrected chi connectivity index (χ0v) is 10.8. The minimum atomic E-state index is -0.440. The Morgan fingerprint density at radius 1 is 1.37 bits per heavy atom. The Balaban J connectivity index is 2.01. The number of likely N-dealkylation sites (N-methyl/N-ethyl adjacent to an activating group) is 1. The lowest BCUT2D eigenvalue weighted by molar-refractivity contribution is -0.126. The van der Waals surface area contributed by atoms with Gasteiger partial charge in [0.25, 0.3) is 5.91 Å². The van der Waals surface area contributed by atoms with Gasteiger partial charge in [-0.15, -0.1) is 0 Å². The quantitative estimate of drug-likeness (QED) is 0.824. The summed E-state index contributed by atoms with van der Waals surface area (Å²) < 4.78 is 13.3. The molecule has 1 saturated heterocycles. The van der Waals surface area contributed by atoms with E-state index in [1.54, 1.807) is 24.1 Å². The topological polar surface area (TPSA) is 44.7 Å². The van der Waals surface area contributed by atoms with Gasteiger partial charge in [-0.2, -0.15) is 0 Å². The molecule has 1 aromatic rings. The Hall–Kier alpha value is -1.75. The van der Waals surface area contributed by atoms with E-state index in [0.29, 0.717) is 11.3 Å². The number of nitrogens with zero attached hydrogens (tertiary/aromatic N) is 2. The third kappa shape index (κ3) is 1.94. The van der Waals surface area contributed by atoms with Crippen LogP contribution in [0, 0.1) is 5.82 Å². The molecule has 0 aromatic heterocycles.